The molecule has 118 valence electrons. The maximum Gasteiger partial charge on any atom is 0.237 e. The van der Waals surface area contributed by atoms with E-state index in [-0.39, 0.29) is 11.9 Å². The van der Waals surface area contributed by atoms with E-state index in [2.05, 4.69) is 17.3 Å². The van der Waals surface area contributed by atoms with Crippen molar-refractivity contribution in [2.75, 3.05) is 33.9 Å². The van der Waals surface area contributed by atoms with Crippen molar-refractivity contribution in [2.45, 2.75) is 51.1 Å². The minimum Gasteiger partial charge on any atom is -0.385 e. The number of amides is 1. The number of carbonyl (C=O) groups excluding carboxylic acids is 1. The Morgan fingerprint density at radius 2 is 2.15 bits per heavy atom. The van der Waals surface area contributed by atoms with Crippen molar-refractivity contribution >= 4 is 5.91 Å². The molecule has 0 aromatic rings. The molecule has 0 aromatic heterocycles. The first-order valence-corrected chi connectivity index (χ1v) is 7.80. The van der Waals surface area contributed by atoms with Gasteiger partial charge in [0.05, 0.1) is 6.04 Å². The summed E-state index contributed by atoms with van der Waals surface area (Å²) in [7, 11) is 3.73. The summed E-state index contributed by atoms with van der Waals surface area (Å²) in [6, 6.07) is 0.336. The maximum absolute atomic E-state index is 12.2. The lowest BCUT2D eigenvalue weighted by Crippen LogP contribution is -2.52. The summed E-state index contributed by atoms with van der Waals surface area (Å²) in [5.41, 5.74) is 5.88. The molecule has 1 fully saturated rings. The molecule has 0 saturated heterocycles. The SMILES string of the molecule is COCCCNC(=O)C(C)N(C)C1CCCCC1CN. The van der Waals surface area contributed by atoms with Crippen LogP contribution in [0, 0.1) is 5.92 Å². The first-order valence-electron chi connectivity index (χ1n) is 7.80. The van der Waals surface area contributed by atoms with E-state index in [9.17, 15) is 4.79 Å². The minimum absolute atomic E-state index is 0.102. The fourth-order valence-electron chi connectivity index (χ4n) is 3.05. The molecule has 1 saturated carbocycles. The zero-order valence-corrected chi connectivity index (χ0v) is 13.2. The molecule has 3 unspecified atom stereocenters. The van der Waals surface area contributed by atoms with Crippen LogP contribution in [0.4, 0.5) is 0 Å². The molecular weight excluding hydrogens is 254 g/mol. The van der Waals surface area contributed by atoms with Crippen molar-refractivity contribution < 1.29 is 9.53 Å². The fraction of sp³-hybridized carbons (Fsp3) is 0.933. The number of hydrogen-bond donors (Lipinski definition) is 2. The van der Waals surface area contributed by atoms with Crippen LogP contribution < -0.4 is 11.1 Å². The molecule has 1 aliphatic carbocycles. The Bertz CT molecular complexity index is 286. The highest BCUT2D eigenvalue weighted by atomic mass is 16.5. The lowest BCUT2D eigenvalue weighted by Gasteiger charge is -2.40. The van der Waals surface area contributed by atoms with Gasteiger partial charge in [0.15, 0.2) is 0 Å². The number of nitrogens with two attached hydrogens (primary N) is 1. The molecule has 3 atom stereocenters. The zero-order chi connectivity index (χ0) is 15.0. The van der Waals surface area contributed by atoms with Crippen LogP contribution in [0.2, 0.25) is 0 Å². The van der Waals surface area contributed by atoms with E-state index in [4.69, 9.17) is 10.5 Å². The number of rotatable bonds is 8. The van der Waals surface area contributed by atoms with Gasteiger partial charge in [0.1, 0.15) is 0 Å². The number of methoxy groups -OCH3 is 1. The summed E-state index contributed by atoms with van der Waals surface area (Å²) < 4.78 is 4.98. The molecule has 0 aromatic carbocycles. The Morgan fingerprint density at radius 3 is 2.80 bits per heavy atom. The number of ether oxygens (including phenoxy) is 1. The van der Waals surface area contributed by atoms with Crippen LogP contribution in [-0.4, -0.2) is 56.7 Å². The number of carbonyl (C=O) groups is 1. The molecule has 0 bridgehead atoms. The number of likely N-dealkylation sites (N-methyl/N-ethyl adjacent to an activating group) is 1. The van der Waals surface area contributed by atoms with Crippen LogP contribution in [0.5, 0.6) is 0 Å². The van der Waals surface area contributed by atoms with Crippen LogP contribution in [0.15, 0.2) is 0 Å². The number of nitrogens with zero attached hydrogens (tertiary/aromatic N) is 1. The maximum atomic E-state index is 12.2. The molecule has 0 heterocycles. The van der Waals surface area contributed by atoms with Crippen LogP contribution in [0.1, 0.15) is 39.0 Å². The summed E-state index contributed by atoms with van der Waals surface area (Å²) in [5.74, 6) is 0.627. The van der Waals surface area contributed by atoms with Crippen molar-refractivity contribution in [3.05, 3.63) is 0 Å². The lowest BCUT2D eigenvalue weighted by atomic mass is 9.83. The van der Waals surface area contributed by atoms with Crippen molar-refractivity contribution in [3.8, 4) is 0 Å². The second-order valence-corrected chi connectivity index (χ2v) is 5.83. The van der Waals surface area contributed by atoms with Crippen LogP contribution in [0.25, 0.3) is 0 Å². The Kier molecular flexibility index (Phi) is 8.11. The van der Waals surface area contributed by atoms with Crippen LogP contribution in [-0.2, 0) is 9.53 Å². The Labute approximate surface area is 123 Å². The van der Waals surface area contributed by atoms with E-state index in [1.165, 1.54) is 19.3 Å². The molecule has 0 radical (unpaired) electrons. The Morgan fingerprint density at radius 1 is 1.45 bits per heavy atom. The van der Waals surface area contributed by atoms with E-state index in [0.29, 0.717) is 25.1 Å². The smallest absolute Gasteiger partial charge is 0.237 e. The average molecular weight is 285 g/mol. The zero-order valence-electron chi connectivity index (χ0n) is 13.2. The third kappa shape index (κ3) is 5.04. The molecule has 20 heavy (non-hydrogen) atoms. The van der Waals surface area contributed by atoms with Gasteiger partial charge in [0, 0.05) is 26.3 Å². The van der Waals surface area contributed by atoms with Gasteiger partial charge < -0.3 is 15.8 Å². The predicted octanol–water partition coefficient (Wildman–Crippen LogP) is 0.977. The monoisotopic (exact) mass is 285 g/mol. The molecule has 1 aliphatic rings. The predicted molar refractivity (Wildman–Crippen MR) is 81.5 cm³/mol. The summed E-state index contributed by atoms with van der Waals surface area (Å²) in [6.07, 6.45) is 5.71. The van der Waals surface area contributed by atoms with Gasteiger partial charge in [-0.25, -0.2) is 0 Å². The van der Waals surface area contributed by atoms with Crippen molar-refractivity contribution in [1.82, 2.24) is 10.2 Å². The average Bonchev–Trinajstić information content (AvgIpc) is 2.49. The van der Waals surface area contributed by atoms with E-state index in [1.54, 1.807) is 7.11 Å². The van der Waals surface area contributed by atoms with E-state index < -0.39 is 0 Å². The highest BCUT2D eigenvalue weighted by molar-refractivity contribution is 5.81. The van der Waals surface area contributed by atoms with E-state index >= 15 is 0 Å². The van der Waals surface area contributed by atoms with Crippen molar-refractivity contribution in [1.29, 1.82) is 0 Å². The fourth-order valence-corrected chi connectivity index (χ4v) is 3.05. The van der Waals surface area contributed by atoms with Crippen molar-refractivity contribution in [3.63, 3.8) is 0 Å². The molecule has 1 rings (SSSR count). The molecule has 5 heteroatoms. The van der Waals surface area contributed by atoms with Gasteiger partial charge in [-0.3, -0.25) is 9.69 Å². The molecule has 1 amide bonds. The van der Waals surface area contributed by atoms with Gasteiger partial charge in [-0.15, -0.1) is 0 Å². The highest BCUT2D eigenvalue weighted by Crippen LogP contribution is 2.28. The second kappa shape index (κ2) is 9.32. The number of nitrogens with one attached hydrogen (secondary N) is 1. The minimum atomic E-state index is -0.102. The van der Waals surface area contributed by atoms with Gasteiger partial charge in [-0.05, 0) is 45.7 Å². The topological polar surface area (TPSA) is 67.6 Å². The van der Waals surface area contributed by atoms with Crippen LogP contribution in [0.3, 0.4) is 0 Å². The Hall–Kier alpha value is -0.650. The third-order valence-electron chi connectivity index (χ3n) is 4.51. The third-order valence-corrected chi connectivity index (χ3v) is 4.51. The molecular formula is C15H31N3O2. The normalized spacial score (nSPS) is 24.6. The largest absolute Gasteiger partial charge is 0.385 e. The number of hydrogen-bond acceptors (Lipinski definition) is 4. The first-order chi connectivity index (χ1) is 9.61. The summed E-state index contributed by atoms with van der Waals surface area (Å²) >= 11 is 0. The summed E-state index contributed by atoms with van der Waals surface area (Å²) in [5, 5.41) is 2.98. The molecule has 0 aliphatic heterocycles. The first kappa shape index (κ1) is 17.4. The van der Waals surface area contributed by atoms with Gasteiger partial charge in [-0.2, -0.15) is 0 Å². The van der Waals surface area contributed by atoms with Gasteiger partial charge in [-0.1, -0.05) is 12.8 Å². The molecule has 0 spiro atoms. The van der Waals surface area contributed by atoms with Gasteiger partial charge in [0.25, 0.3) is 0 Å². The van der Waals surface area contributed by atoms with Crippen molar-refractivity contribution in [2.24, 2.45) is 11.7 Å². The standard InChI is InChI=1S/C15H31N3O2/c1-12(15(19)17-9-6-10-20-3)18(2)14-8-5-4-7-13(14)11-16/h12-14H,4-11,16H2,1-3H3,(H,17,19). The molecule has 3 N–H and O–H groups in total. The van der Waals surface area contributed by atoms with E-state index in [1.807, 2.05) is 6.92 Å². The van der Waals surface area contributed by atoms with E-state index in [0.717, 1.165) is 19.4 Å². The van der Waals surface area contributed by atoms with Crippen LogP contribution >= 0.6 is 0 Å². The van der Waals surface area contributed by atoms with Gasteiger partial charge in [0.2, 0.25) is 5.91 Å². The lowest BCUT2D eigenvalue weighted by molar-refractivity contribution is -0.126. The summed E-state index contributed by atoms with van der Waals surface area (Å²) in [6.45, 7) is 4.06. The summed E-state index contributed by atoms with van der Waals surface area (Å²) in [4.78, 5) is 14.4. The quantitative estimate of drug-likeness (QED) is 0.652. The molecule has 5 nitrogen and oxygen atoms in total. The van der Waals surface area contributed by atoms with Gasteiger partial charge >= 0.3 is 0 Å². The Balaban J connectivity index is 2.43. The second-order valence-electron chi connectivity index (χ2n) is 5.83. The highest BCUT2D eigenvalue weighted by Gasteiger charge is 2.31.